The second-order valence-electron chi connectivity index (χ2n) is 7.56. The molecule has 1 aromatic carbocycles. The Bertz CT molecular complexity index is 771. The van der Waals surface area contributed by atoms with E-state index in [2.05, 4.69) is 42.5 Å². The number of rotatable bonds is 7. The maximum atomic E-state index is 12.7. The molecule has 9 nitrogen and oxygen atoms in total. The van der Waals surface area contributed by atoms with Gasteiger partial charge in [-0.05, 0) is 77.3 Å². The van der Waals surface area contributed by atoms with Crippen LogP contribution in [-0.4, -0.2) is 59.1 Å². The molecule has 0 fully saturated rings. The number of aliphatic hydroxyl groups is 1. The Hall–Kier alpha value is -1.85. The third-order valence-corrected chi connectivity index (χ3v) is 4.96. The van der Waals surface area contributed by atoms with Gasteiger partial charge in [-0.15, -0.1) is 0 Å². The smallest absolute Gasteiger partial charge is 0.408 e. The minimum absolute atomic E-state index is 0.00636. The number of nitrogens with one attached hydrogen (secondary N) is 2. The van der Waals surface area contributed by atoms with Crippen LogP contribution < -0.4 is 10.6 Å². The topological polar surface area (TPSA) is 134 Å². The molecule has 11 heteroatoms. The SMILES string of the molecule is COC(=O)[C@H](Cc1cc(Br)c(O)c(Br)c1)NC(=O)[C@@H](NC(=O)OC(C)(C)C)[C@@H](C)O. The predicted molar refractivity (Wildman–Crippen MR) is 116 cm³/mol. The lowest BCUT2D eigenvalue weighted by Gasteiger charge is -2.26. The van der Waals surface area contributed by atoms with Crippen LogP contribution in [-0.2, 0) is 25.5 Å². The van der Waals surface area contributed by atoms with Crippen molar-refractivity contribution in [2.75, 3.05) is 7.11 Å². The Kier molecular flexibility index (Phi) is 9.57. The van der Waals surface area contributed by atoms with Crippen LogP contribution in [0.25, 0.3) is 0 Å². The standard InChI is InChI=1S/C19H26Br2N2O7/c1-9(24)14(23-18(28)30-19(2,3)4)16(26)22-13(17(27)29-5)8-10-6-11(20)15(25)12(21)7-10/h6-7,9,13-14,24-25H,8H2,1-5H3,(H,22,26)(H,23,28)/t9-,13+,14+/m1/s1. The lowest BCUT2D eigenvalue weighted by atomic mass is 10.0. The molecule has 0 saturated carbocycles. The fourth-order valence-electron chi connectivity index (χ4n) is 2.41. The monoisotopic (exact) mass is 552 g/mol. The Labute approximate surface area is 191 Å². The minimum Gasteiger partial charge on any atom is -0.506 e. The van der Waals surface area contributed by atoms with Crippen LogP contribution in [0.2, 0.25) is 0 Å². The van der Waals surface area contributed by atoms with Crippen molar-refractivity contribution in [3.8, 4) is 5.75 Å². The average molecular weight is 554 g/mol. The highest BCUT2D eigenvalue weighted by molar-refractivity contribution is 9.11. The zero-order valence-electron chi connectivity index (χ0n) is 17.3. The Morgan fingerprint density at radius 1 is 1.13 bits per heavy atom. The van der Waals surface area contributed by atoms with Crippen LogP contribution in [0.3, 0.4) is 0 Å². The van der Waals surface area contributed by atoms with Crippen molar-refractivity contribution in [1.29, 1.82) is 0 Å². The molecule has 0 aliphatic heterocycles. The molecule has 4 N–H and O–H groups in total. The van der Waals surface area contributed by atoms with Crippen LogP contribution in [0.4, 0.5) is 4.79 Å². The fraction of sp³-hybridized carbons (Fsp3) is 0.526. The highest BCUT2D eigenvalue weighted by atomic mass is 79.9. The van der Waals surface area contributed by atoms with Gasteiger partial charge in [0.15, 0.2) is 0 Å². The second-order valence-corrected chi connectivity index (χ2v) is 9.27. The van der Waals surface area contributed by atoms with Gasteiger partial charge in [0.05, 0.1) is 22.2 Å². The molecule has 0 aromatic heterocycles. The second kappa shape index (κ2) is 11.0. The summed E-state index contributed by atoms with van der Waals surface area (Å²) in [4.78, 5) is 36.9. The van der Waals surface area contributed by atoms with E-state index in [-0.39, 0.29) is 12.2 Å². The van der Waals surface area contributed by atoms with Crippen molar-refractivity contribution in [2.45, 2.75) is 57.9 Å². The van der Waals surface area contributed by atoms with E-state index in [0.29, 0.717) is 14.5 Å². The minimum atomic E-state index is -1.36. The molecule has 1 rings (SSSR count). The van der Waals surface area contributed by atoms with Crippen LogP contribution in [0, 0.1) is 0 Å². The van der Waals surface area contributed by atoms with Crippen molar-refractivity contribution in [3.63, 3.8) is 0 Å². The zero-order valence-corrected chi connectivity index (χ0v) is 20.5. The van der Waals surface area contributed by atoms with Gasteiger partial charge in [0.2, 0.25) is 5.91 Å². The molecule has 0 radical (unpaired) electrons. The predicted octanol–water partition coefficient (Wildman–Crippen LogP) is 2.39. The number of ether oxygens (including phenoxy) is 2. The number of aliphatic hydroxyl groups excluding tert-OH is 1. The third kappa shape index (κ3) is 8.11. The summed E-state index contributed by atoms with van der Waals surface area (Å²) in [5, 5.41) is 24.6. The summed E-state index contributed by atoms with van der Waals surface area (Å²) in [7, 11) is 1.18. The molecule has 0 bridgehead atoms. The lowest BCUT2D eigenvalue weighted by molar-refractivity contribution is -0.145. The summed E-state index contributed by atoms with van der Waals surface area (Å²) in [5.41, 5.74) is -0.186. The zero-order chi connectivity index (χ0) is 23.2. The van der Waals surface area contributed by atoms with Crippen LogP contribution in [0.5, 0.6) is 5.75 Å². The van der Waals surface area contributed by atoms with E-state index < -0.39 is 41.8 Å². The van der Waals surface area contributed by atoms with Gasteiger partial charge in [0.25, 0.3) is 0 Å². The Balaban J connectivity index is 3.00. The number of esters is 1. The molecule has 2 amide bonds. The van der Waals surface area contributed by atoms with Gasteiger partial charge in [-0.1, -0.05) is 0 Å². The van der Waals surface area contributed by atoms with Crippen LogP contribution in [0.15, 0.2) is 21.1 Å². The van der Waals surface area contributed by atoms with Gasteiger partial charge < -0.3 is 30.3 Å². The molecular formula is C19H26Br2N2O7. The summed E-state index contributed by atoms with van der Waals surface area (Å²) >= 11 is 6.41. The van der Waals surface area contributed by atoms with Crippen molar-refractivity contribution < 1.29 is 34.1 Å². The van der Waals surface area contributed by atoms with E-state index in [1.165, 1.54) is 14.0 Å². The molecule has 1 aromatic rings. The van der Waals surface area contributed by atoms with E-state index in [1.807, 2.05) is 0 Å². The van der Waals surface area contributed by atoms with E-state index in [0.717, 1.165) is 0 Å². The van der Waals surface area contributed by atoms with Crippen molar-refractivity contribution in [2.24, 2.45) is 0 Å². The summed E-state index contributed by atoms with van der Waals surface area (Å²) in [5.74, 6) is -1.51. The van der Waals surface area contributed by atoms with Gasteiger partial charge in [-0.25, -0.2) is 9.59 Å². The average Bonchev–Trinajstić information content (AvgIpc) is 2.61. The van der Waals surface area contributed by atoms with Crippen molar-refractivity contribution in [1.82, 2.24) is 10.6 Å². The number of phenolic OH excluding ortho intramolecular Hbond substituents is 1. The van der Waals surface area contributed by atoms with Crippen molar-refractivity contribution >= 4 is 49.8 Å². The number of carbonyl (C=O) groups is 3. The van der Waals surface area contributed by atoms with E-state index in [4.69, 9.17) is 9.47 Å². The van der Waals surface area contributed by atoms with Gasteiger partial charge in [-0.3, -0.25) is 4.79 Å². The number of halogens is 2. The molecule has 0 aliphatic carbocycles. The van der Waals surface area contributed by atoms with E-state index >= 15 is 0 Å². The number of aromatic hydroxyl groups is 1. The maximum absolute atomic E-state index is 12.7. The number of hydrogen-bond acceptors (Lipinski definition) is 7. The quantitative estimate of drug-likeness (QED) is 0.381. The van der Waals surface area contributed by atoms with Gasteiger partial charge in [0.1, 0.15) is 23.4 Å². The summed E-state index contributed by atoms with van der Waals surface area (Å²) in [6, 6.07) is 0.721. The Morgan fingerprint density at radius 2 is 1.67 bits per heavy atom. The molecule has 0 spiro atoms. The fourth-order valence-corrected chi connectivity index (χ4v) is 3.69. The van der Waals surface area contributed by atoms with E-state index in [9.17, 15) is 24.6 Å². The van der Waals surface area contributed by atoms with Crippen LogP contribution >= 0.6 is 31.9 Å². The van der Waals surface area contributed by atoms with Crippen LogP contribution in [0.1, 0.15) is 33.3 Å². The first-order chi connectivity index (χ1) is 13.7. The van der Waals surface area contributed by atoms with E-state index in [1.54, 1.807) is 32.9 Å². The first-order valence-electron chi connectivity index (χ1n) is 8.97. The molecule has 3 atom stereocenters. The number of amides is 2. The lowest BCUT2D eigenvalue weighted by Crippen LogP contribution is -2.56. The van der Waals surface area contributed by atoms with Crippen molar-refractivity contribution in [3.05, 3.63) is 26.6 Å². The Morgan fingerprint density at radius 3 is 2.10 bits per heavy atom. The van der Waals surface area contributed by atoms with Gasteiger partial charge >= 0.3 is 12.1 Å². The molecule has 30 heavy (non-hydrogen) atoms. The highest BCUT2D eigenvalue weighted by Crippen LogP contribution is 2.33. The number of benzene rings is 1. The first-order valence-corrected chi connectivity index (χ1v) is 10.6. The van der Waals surface area contributed by atoms with Gasteiger partial charge in [0, 0.05) is 6.42 Å². The normalized spacial score (nSPS) is 14.3. The summed E-state index contributed by atoms with van der Waals surface area (Å²) < 4.78 is 10.7. The highest BCUT2D eigenvalue weighted by Gasteiger charge is 2.32. The first kappa shape index (κ1) is 26.2. The number of carbonyl (C=O) groups excluding carboxylic acids is 3. The number of hydrogen-bond donors (Lipinski definition) is 4. The maximum Gasteiger partial charge on any atom is 0.408 e. The molecule has 0 unspecified atom stereocenters. The molecule has 0 aliphatic rings. The third-order valence-electron chi connectivity index (χ3n) is 3.76. The number of methoxy groups -OCH3 is 1. The van der Waals surface area contributed by atoms with Gasteiger partial charge in [-0.2, -0.15) is 0 Å². The summed E-state index contributed by atoms with van der Waals surface area (Å²) in [6.45, 7) is 6.30. The number of phenols is 1. The number of alkyl carbamates (subject to hydrolysis) is 1. The molecule has 168 valence electrons. The molecular weight excluding hydrogens is 528 g/mol. The molecule has 0 saturated heterocycles. The molecule has 0 heterocycles. The summed E-state index contributed by atoms with van der Waals surface area (Å²) in [6.07, 6.45) is -2.10. The largest absolute Gasteiger partial charge is 0.506 e.